The minimum Gasteiger partial charge on any atom is -0.488 e. The summed E-state index contributed by atoms with van der Waals surface area (Å²) in [4.78, 5) is 25.6. The van der Waals surface area contributed by atoms with E-state index in [0.717, 1.165) is 53.9 Å². The number of nitrogens with one attached hydrogen (secondary N) is 1. The fourth-order valence-corrected chi connectivity index (χ4v) is 6.38. The lowest BCUT2D eigenvalue weighted by molar-refractivity contribution is 0.0283. The molecule has 2 atom stereocenters. The van der Waals surface area contributed by atoms with Gasteiger partial charge in [-0.15, -0.1) is 0 Å². The van der Waals surface area contributed by atoms with E-state index >= 15 is 8.78 Å². The fraction of sp³-hybridized carbons (Fsp3) is 0.633. The van der Waals surface area contributed by atoms with Crippen LogP contribution in [0.3, 0.4) is 0 Å². The van der Waals surface area contributed by atoms with E-state index in [4.69, 9.17) is 4.74 Å². The van der Waals surface area contributed by atoms with Gasteiger partial charge in [0.15, 0.2) is 17.5 Å². The van der Waals surface area contributed by atoms with Crippen molar-refractivity contribution in [2.45, 2.75) is 96.1 Å². The molecule has 0 unspecified atom stereocenters. The Balaban J connectivity index is 1.51. The van der Waals surface area contributed by atoms with E-state index in [1.54, 1.807) is 13.8 Å². The van der Waals surface area contributed by atoms with Crippen LogP contribution in [0.4, 0.5) is 26.2 Å². The number of benzene rings is 1. The number of fused-ring (bicyclic) bond motifs is 1. The number of aliphatic hydroxyl groups is 2. The zero-order chi connectivity index (χ0) is 32.9. The third-order valence-corrected chi connectivity index (χ3v) is 8.26. The summed E-state index contributed by atoms with van der Waals surface area (Å²) in [6.45, 7) is 11.7. The van der Waals surface area contributed by atoms with Crippen molar-refractivity contribution in [2.24, 2.45) is 7.05 Å². The summed E-state index contributed by atoms with van der Waals surface area (Å²) in [5.41, 5.74) is -3.22. The van der Waals surface area contributed by atoms with Crippen LogP contribution >= 0.6 is 0 Å². The molecule has 5 rings (SSSR count). The van der Waals surface area contributed by atoms with Crippen molar-refractivity contribution in [3.8, 4) is 11.4 Å². The SMILES string of the molecule is Cn1nnn(-c2cc(Nc3ncc(F)c(N(CC(C)(C)O)[C@@H]4C[C@@H]5CCCN5C(C)(C)C4)n3)c(F)cc2OCC(C)(C)O)c1=O. The zero-order valence-electron chi connectivity index (χ0n) is 26.9. The summed E-state index contributed by atoms with van der Waals surface area (Å²) in [6.07, 6.45) is 4.72. The lowest BCUT2D eigenvalue weighted by atomic mass is 9.82. The van der Waals surface area contributed by atoms with E-state index in [1.165, 1.54) is 27.0 Å². The molecule has 0 bridgehead atoms. The highest BCUT2D eigenvalue weighted by molar-refractivity contribution is 5.64. The number of ether oxygens (including phenoxy) is 1. The smallest absolute Gasteiger partial charge is 0.368 e. The highest BCUT2D eigenvalue weighted by Gasteiger charge is 2.45. The van der Waals surface area contributed by atoms with Crippen LogP contribution in [0.2, 0.25) is 0 Å². The van der Waals surface area contributed by atoms with Crippen LogP contribution < -0.4 is 20.6 Å². The van der Waals surface area contributed by atoms with Gasteiger partial charge >= 0.3 is 5.69 Å². The van der Waals surface area contributed by atoms with Crippen molar-refractivity contribution < 1.29 is 23.7 Å². The maximum Gasteiger partial charge on any atom is 0.368 e. The van der Waals surface area contributed by atoms with Gasteiger partial charge in [0.05, 0.1) is 23.1 Å². The van der Waals surface area contributed by atoms with Crippen molar-refractivity contribution in [3.63, 3.8) is 0 Å². The van der Waals surface area contributed by atoms with E-state index in [2.05, 4.69) is 44.5 Å². The average Bonchev–Trinajstić information content (AvgIpc) is 3.54. The number of anilines is 3. The average molecular weight is 632 g/mol. The van der Waals surface area contributed by atoms with Gasteiger partial charge in [-0.2, -0.15) is 14.3 Å². The van der Waals surface area contributed by atoms with E-state index in [1.807, 2.05) is 4.90 Å². The Hall–Kier alpha value is -3.69. The van der Waals surface area contributed by atoms with Gasteiger partial charge in [-0.05, 0) is 90.3 Å². The summed E-state index contributed by atoms with van der Waals surface area (Å²) in [5.74, 6) is -1.59. The van der Waals surface area contributed by atoms with Crippen LogP contribution in [-0.4, -0.2) is 93.4 Å². The van der Waals surface area contributed by atoms with Gasteiger partial charge in [-0.1, -0.05) is 0 Å². The summed E-state index contributed by atoms with van der Waals surface area (Å²) < 4.78 is 38.6. The summed E-state index contributed by atoms with van der Waals surface area (Å²) in [7, 11) is 1.41. The predicted molar refractivity (Wildman–Crippen MR) is 164 cm³/mol. The van der Waals surface area contributed by atoms with Crippen molar-refractivity contribution in [1.82, 2.24) is 34.7 Å². The second-order valence-corrected chi connectivity index (χ2v) is 14.0. The maximum absolute atomic E-state index is 15.5. The molecule has 2 aliphatic heterocycles. The normalized spacial score (nSPS) is 20.2. The second-order valence-electron chi connectivity index (χ2n) is 14.0. The molecule has 2 aromatic heterocycles. The van der Waals surface area contributed by atoms with Gasteiger partial charge in [0.1, 0.15) is 18.0 Å². The Morgan fingerprint density at radius 2 is 1.87 bits per heavy atom. The van der Waals surface area contributed by atoms with Gasteiger partial charge in [0.2, 0.25) is 5.95 Å². The van der Waals surface area contributed by atoms with Gasteiger partial charge in [-0.25, -0.2) is 18.6 Å². The molecule has 246 valence electrons. The van der Waals surface area contributed by atoms with Crippen LogP contribution in [0.25, 0.3) is 5.69 Å². The first-order chi connectivity index (χ1) is 20.9. The lowest BCUT2D eigenvalue weighted by Gasteiger charge is -2.51. The molecule has 0 saturated carbocycles. The first-order valence-electron chi connectivity index (χ1n) is 15.2. The molecule has 3 aromatic rings. The molecule has 2 saturated heterocycles. The van der Waals surface area contributed by atoms with E-state index in [-0.39, 0.29) is 53.6 Å². The molecule has 0 aliphatic carbocycles. The largest absolute Gasteiger partial charge is 0.488 e. The molecule has 2 fully saturated rings. The third-order valence-electron chi connectivity index (χ3n) is 8.26. The minimum absolute atomic E-state index is 0.00206. The number of piperidine rings is 1. The molecule has 4 heterocycles. The number of halogens is 2. The standard InChI is InChI=1S/C30H43F2N9O4/c1-28(2)14-19(11-18-9-8-10-40(18)28)39(16-29(3,4)43)25-21(32)15-33-26(35-25)34-22-13-23(41-27(42)38(7)36-37-41)24(12-20(22)31)45-17-30(5,6)44/h12-13,15,18-19,43-44H,8-11,14,16-17H2,1-7H3,(H,33,34,35)/t18-,19+/m0/s1. The highest BCUT2D eigenvalue weighted by Crippen LogP contribution is 2.41. The number of nitrogens with zero attached hydrogens (tertiary/aromatic N) is 8. The Kier molecular flexibility index (Phi) is 8.66. The van der Waals surface area contributed by atoms with Crippen molar-refractivity contribution in [1.29, 1.82) is 0 Å². The first-order valence-corrected chi connectivity index (χ1v) is 15.2. The summed E-state index contributed by atoms with van der Waals surface area (Å²) in [5, 5.41) is 31.4. The molecule has 13 nitrogen and oxygen atoms in total. The van der Waals surface area contributed by atoms with E-state index in [0.29, 0.717) is 6.04 Å². The molecular formula is C30H43F2N9O4. The number of hydrogen-bond acceptors (Lipinski definition) is 11. The Morgan fingerprint density at radius 1 is 1.13 bits per heavy atom. The predicted octanol–water partition coefficient (Wildman–Crippen LogP) is 2.91. The van der Waals surface area contributed by atoms with Crippen LogP contribution in [-0.2, 0) is 7.05 Å². The molecular weight excluding hydrogens is 588 g/mol. The third kappa shape index (κ3) is 7.25. The molecule has 2 aliphatic rings. The number of aryl methyl sites for hydroxylation is 1. The quantitative estimate of drug-likeness (QED) is 0.304. The number of hydrogen-bond donors (Lipinski definition) is 3. The highest BCUT2D eigenvalue weighted by atomic mass is 19.1. The molecule has 0 spiro atoms. The lowest BCUT2D eigenvalue weighted by Crippen LogP contribution is -2.59. The van der Waals surface area contributed by atoms with Crippen LogP contribution in [0, 0.1) is 11.6 Å². The van der Waals surface area contributed by atoms with Crippen LogP contribution in [0.15, 0.2) is 23.1 Å². The number of rotatable bonds is 10. The monoisotopic (exact) mass is 631 g/mol. The van der Waals surface area contributed by atoms with Crippen molar-refractivity contribution >= 4 is 17.5 Å². The molecule has 1 aromatic carbocycles. The minimum atomic E-state index is -1.24. The summed E-state index contributed by atoms with van der Waals surface area (Å²) >= 11 is 0. The molecule has 0 amide bonds. The van der Waals surface area contributed by atoms with Gasteiger partial charge in [-0.3, -0.25) is 4.90 Å². The topological polar surface area (TPSA) is 147 Å². The Labute approximate surface area is 260 Å². The van der Waals surface area contributed by atoms with Crippen molar-refractivity contribution in [3.05, 3.63) is 40.4 Å². The number of aromatic nitrogens is 6. The van der Waals surface area contributed by atoms with Crippen LogP contribution in [0.5, 0.6) is 5.75 Å². The Morgan fingerprint density at radius 3 is 2.51 bits per heavy atom. The first kappa shape index (κ1) is 32.7. The molecule has 15 heteroatoms. The zero-order valence-corrected chi connectivity index (χ0v) is 26.9. The Bertz CT molecular complexity index is 1600. The molecule has 3 N–H and O–H groups in total. The number of tetrazole rings is 1. The maximum atomic E-state index is 15.5. The second kappa shape index (κ2) is 11.9. The van der Waals surface area contributed by atoms with Crippen LogP contribution in [0.1, 0.15) is 67.2 Å². The van der Waals surface area contributed by atoms with Gasteiger partial charge in [0, 0.05) is 37.3 Å². The van der Waals surface area contributed by atoms with Gasteiger partial charge < -0.3 is 25.2 Å². The van der Waals surface area contributed by atoms with E-state index < -0.39 is 28.5 Å². The van der Waals surface area contributed by atoms with Crippen molar-refractivity contribution in [2.75, 3.05) is 29.9 Å². The van der Waals surface area contributed by atoms with Gasteiger partial charge in [0.25, 0.3) is 0 Å². The summed E-state index contributed by atoms with van der Waals surface area (Å²) in [6, 6.07) is 2.57. The van der Waals surface area contributed by atoms with E-state index in [9.17, 15) is 15.0 Å². The molecule has 45 heavy (non-hydrogen) atoms. The molecule has 0 radical (unpaired) electrons. The fourth-order valence-electron chi connectivity index (χ4n) is 6.38.